The summed E-state index contributed by atoms with van der Waals surface area (Å²) in [4.78, 5) is 25.6. The summed E-state index contributed by atoms with van der Waals surface area (Å²) in [6, 6.07) is 20.1. The van der Waals surface area contributed by atoms with E-state index in [2.05, 4.69) is 5.32 Å². The third-order valence-electron chi connectivity index (χ3n) is 4.89. The number of hydrogen-bond acceptors (Lipinski definition) is 4. The Morgan fingerprint density at radius 2 is 1.63 bits per heavy atom. The van der Waals surface area contributed by atoms with Crippen molar-refractivity contribution in [3.05, 3.63) is 77.9 Å². The Labute approximate surface area is 177 Å². The number of carbonyl (C=O) groups excluding carboxylic acids is 2. The second-order valence-corrected chi connectivity index (χ2v) is 7.37. The highest BCUT2D eigenvalue weighted by Gasteiger charge is 2.27. The van der Waals surface area contributed by atoms with Gasteiger partial charge < -0.3 is 14.8 Å². The molecule has 0 aromatic heterocycles. The van der Waals surface area contributed by atoms with Crippen molar-refractivity contribution in [2.45, 2.75) is 33.4 Å². The van der Waals surface area contributed by atoms with Gasteiger partial charge in [-0.15, -0.1) is 0 Å². The number of rotatable bonds is 8. The van der Waals surface area contributed by atoms with Crippen LogP contribution in [0.3, 0.4) is 0 Å². The van der Waals surface area contributed by atoms with Crippen LogP contribution in [0.15, 0.2) is 66.7 Å². The summed E-state index contributed by atoms with van der Waals surface area (Å²) in [5.41, 5.74) is 1.32. The predicted molar refractivity (Wildman–Crippen MR) is 117 cm³/mol. The summed E-state index contributed by atoms with van der Waals surface area (Å²) in [5, 5.41) is 4.95. The summed E-state index contributed by atoms with van der Waals surface area (Å²) in [7, 11) is 0. The summed E-state index contributed by atoms with van der Waals surface area (Å²) in [6.07, 6.45) is 0. The van der Waals surface area contributed by atoms with E-state index in [9.17, 15) is 9.59 Å². The van der Waals surface area contributed by atoms with Crippen LogP contribution in [-0.2, 0) is 16.1 Å². The highest BCUT2D eigenvalue weighted by Crippen LogP contribution is 2.21. The van der Waals surface area contributed by atoms with Crippen molar-refractivity contribution < 1.29 is 19.1 Å². The molecule has 5 heteroatoms. The smallest absolute Gasteiger partial charge is 0.329 e. The molecule has 3 rings (SSSR count). The van der Waals surface area contributed by atoms with Crippen LogP contribution in [0, 0.1) is 5.92 Å². The van der Waals surface area contributed by atoms with E-state index in [0.29, 0.717) is 17.9 Å². The van der Waals surface area contributed by atoms with Gasteiger partial charge >= 0.3 is 5.97 Å². The van der Waals surface area contributed by atoms with Crippen molar-refractivity contribution in [2.75, 3.05) is 6.61 Å². The average Bonchev–Trinajstić information content (AvgIpc) is 2.76. The first kappa shape index (κ1) is 21.4. The van der Waals surface area contributed by atoms with E-state index in [1.807, 2.05) is 63.2 Å². The topological polar surface area (TPSA) is 64.6 Å². The zero-order valence-electron chi connectivity index (χ0n) is 17.6. The summed E-state index contributed by atoms with van der Waals surface area (Å²) < 4.78 is 11.1. The number of benzene rings is 3. The molecule has 0 fully saturated rings. The summed E-state index contributed by atoms with van der Waals surface area (Å²) in [6.45, 7) is 6.20. The van der Waals surface area contributed by atoms with Gasteiger partial charge in [-0.25, -0.2) is 4.79 Å². The van der Waals surface area contributed by atoms with Crippen molar-refractivity contribution >= 4 is 22.6 Å². The molecule has 0 aliphatic rings. The number of hydrogen-bond donors (Lipinski definition) is 1. The van der Waals surface area contributed by atoms with Crippen molar-refractivity contribution in [3.63, 3.8) is 0 Å². The third kappa shape index (κ3) is 4.98. The molecule has 0 unspecified atom stereocenters. The van der Waals surface area contributed by atoms with E-state index in [1.54, 1.807) is 24.3 Å². The van der Waals surface area contributed by atoms with E-state index < -0.39 is 12.0 Å². The molecular weight excluding hydrogens is 378 g/mol. The van der Waals surface area contributed by atoms with E-state index in [4.69, 9.17) is 9.47 Å². The van der Waals surface area contributed by atoms with Gasteiger partial charge in [-0.1, -0.05) is 68.4 Å². The SMILES string of the molecule is CCOc1ccccc1C(=O)N[C@H](C(=O)OCc1cccc2ccccc12)C(C)C. The first-order valence-corrected chi connectivity index (χ1v) is 10.2. The number of ether oxygens (including phenoxy) is 2. The second-order valence-electron chi connectivity index (χ2n) is 7.37. The van der Waals surface area contributed by atoms with Gasteiger partial charge in [-0.2, -0.15) is 0 Å². The van der Waals surface area contributed by atoms with Crippen molar-refractivity contribution in [3.8, 4) is 5.75 Å². The molecule has 5 nitrogen and oxygen atoms in total. The van der Waals surface area contributed by atoms with Gasteiger partial charge in [0.15, 0.2) is 0 Å². The molecular formula is C25H27NO4. The van der Waals surface area contributed by atoms with Gasteiger partial charge in [0.25, 0.3) is 5.91 Å². The molecule has 0 bridgehead atoms. The highest BCUT2D eigenvalue weighted by atomic mass is 16.5. The van der Waals surface area contributed by atoms with E-state index >= 15 is 0 Å². The molecule has 0 spiro atoms. The molecule has 1 N–H and O–H groups in total. The van der Waals surface area contributed by atoms with Crippen molar-refractivity contribution in [2.24, 2.45) is 5.92 Å². The maximum Gasteiger partial charge on any atom is 0.329 e. The lowest BCUT2D eigenvalue weighted by molar-refractivity contribution is -0.148. The Morgan fingerprint density at radius 1 is 0.933 bits per heavy atom. The van der Waals surface area contributed by atoms with Crippen LogP contribution in [0.4, 0.5) is 0 Å². The lowest BCUT2D eigenvalue weighted by Gasteiger charge is -2.21. The van der Waals surface area contributed by atoms with Crippen LogP contribution < -0.4 is 10.1 Å². The first-order chi connectivity index (χ1) is 14.5. The zero-order chi connectivity index (χ0) is 21.5. The van der Waals surface area contributed by atoms with Gasteiger partial charge in [0.1, 0.15) is 18.4 Å². The minimum absolute atomic E-state index is 0.131. The third-order valence-corrected chi connectivity index (χ3v) is 4.89. The zero-order valence-corrected chi connectivity index (χ0v) is 17.6. The molecule has 3 aromatic rings. The standard InChI is InChI=1S/C25H27NO4/c1-4-29-22-15-8-7-14-21(22)24(27)26-23(17(2)3)25(28)30-16-19-12-9-11-18-10-5-6-13-20(18)19/h5-15,17,23H,4,16H2,1-3H3,(H,26,27)/t23-/m0/s1. The number of para-hydroxylation sites is 1. The molecule has 0 saturated carbocycles. The number of amides is 1. The maximum atomic E-state index is 12.8. The van der Waals surface area contributed by atoms with Crippen molar-refractivity contribution in [1.29, 1.82) is 0 Å². The number of nitrogens with one attached hydrogen (secondary N) is 1. The van der Waals surface area contributed by atoms with Gasteiger partial charge in [-0.3, -0.25) is 4.79 Å². The monoisotopic (exact) mass is 405 g/mol. The van der Waals surface area contributed by atoms with Crippen LogP contribution in [0.25, 0.3) is 10.8 Å². The molecule has 1 atom stereocenters. The quantitative estimate of drug-likeness (QED) is 0.550. The number of esters is 1. The molecule has 0 saturated heterocycles. The van der Waals surface area contributed by atoms with E-state index in [-0.39, 0.29) is 18.4 Å². The molecule has 0 radical (unpaired) electrons. The minimum Gasteiger partial charge on any atom is -0.493 e. The van der Waals surface area contributed by atoms with Crippen LogP contribution in [0.2, 0.25) is 0 Å². The molecule has 1 amide bonds. The van der Waals surface area contributed by atoms with Gasteiger partial charge in [-0.05, 0) is 41.3 Å². The summed E-state index contributed by atoms with van der Waals surface area (Å²) in [5.74, 6) is -0.461. The maximum absolute atomic E-state index is 12.8. The Kier molecular flexibility index (Phi) is 7.07. The molecule has 156 valence electrons. The Hall–Kier alpha value is -3.34. The Balaban J connectivity index is 1.71. The fraction of sp³-hybridized carbons (Fsp3) is 0.280. The van der Waals surface area contributed by atoms with Crippen LogP contribution in [0.1, 0.15) is 36.7 Å². The molecule has 0 heterocycles. The molecule has 3 aromatic carbocycles. The lowest BCUT2D eigenvalue weighted by Crippen LogP contribution is -2.45. The Bertz CT molecular complexity index is 1020. The van der Waals surface area contributed by atoms with E-state index in [1.165, 1.54) is 0 Å². The largest absolute Gasteiger partial charge is 0.493 e. The lowest BCUT2D eigenvalue weighted by atomic mass is 10.0. The molecule has 30 heavy (non-hydrogen) atoms. The van der Waals surface area contributed by atoms with Crippen LogP contribution in [-0.4, -0.2) is 24.5 Å². The minimum atomic E-state index is -0.762. The van der Waals surface area contributed by atoms with Gasteiger partial charge in [0.05, 0.1) is 12.2 Å². The number of fused-ring (bicyclic) bond motifs is 1. The highest BCUT2D eigenvalue weighted by molar-refractivity contribution is 5.99. The fourth-order valence-electron chi connectivity index (χ4n) is 3.31. The van der Waals surface area contributed by atoms with Gasteiger partial charge in [0.2, 0.25) is 0 Å². The fourth-order valence-corrected chi connectivity index (χ4v) is 3.31. The normalized spacial score (nSPS) is 11.9. The van der Waals surface area contributed by atoms with Crippen molar-refractivity contribution in [1.82, 2.24) is 5.32 Å². The first-order valence-electron chi connectivity index (χ1n) is 10.2. The van der Waals surface area contributed by atoms with Crippen LogP contribution in [0.5, 0.6) is 5.75 Å². The van der Waals surface area contributed by atoms with Gasteiger partial charge in [0, 0.05) is 0 Å². The second kappa shape index (κ2) is 9.92. The Morgan fingerprint density at radius 3 is 2.40 bits per heavy atom. The molecule has 0 aliphatic heterocycles. The average molecular weight is 405 g/mol. The van der Waals surface area contributed by atoms with Crippen LogP contribution >= 0.6 is 0 Å². The number of carbonyl (C=O) groups is 2. The van der Waals surface area contributed by atoms with E-state index in [0.717, 1.165) is 16.3 Å². The summed E-state index contributed by atoms with van der Waals surface area (Å²) >= 11 is 0. The predicted octanol–water partition coefficient (Wildman–Crippen LogP) is 4.74. The molecule has 0 aliphatic carbocycles.